The Labute approximate surface area is 62.9 Å². The molecule has 0 radical (unpaired) electrons. The normalized spacial score (nSPS) is 11.9. The van der Waals surface area contributed by atoms with Crippen molar-refractivity contribution in [3.8, 4) is 0 Å². The predicted molar refractivity (Wildman–Crippen MR) is 46.4 cm³/mol. The van der Waals surface area contributed by atoms with Gasteiger partial charge < -0.3 is 5.73 Å². The Morgan fingerprint density at radius 3 is 2.40 bits per heavy atom. The van der Waals surface area contributed by atoms with Gasteiger partial charge in [-0.15, -0.1) is 0 Å². The summed E-state index contributed by atoms with van der Waals surface area (Å²) in [6, 6.07) is 0. The van der Waals surface area contributed by atoms with E-state index in [2.05, 4.69) is 26.5 Å². The van der Waals surface area contributed by atoms with E-state index in [1.165, 1.54) is 0 Å². The van der Waals surface area contributed by atoms with Gasteiger partial charge in [0.05, 0.1) is 0 Å². The molecule has 0 spiro atoms. The highest BCUT2D eigenvalue weighted by atomic mass is 14.5. The number of nitrogens with two attached hydrogens (primary N) is 1. The van der Waals surface area contributed by atoms with Crippen molar-refractivity contribution in [1.82, 2.24) is 0 Å². The molecule has 10 heavy (non-hydrogen) atoms. The van der Waals surface area contributed by atoms with Gasteiger partial charge in [-0.2, -0.15) is 0 Å². The number of rotatable bonds is 3. The summed E-state index contributed by atoms with van der Waals surface area (Å²) in [5.41, 5.74) is 5.89. The molecule has 0 rings (SSSR count). The van der Waals surface area contributed by atoms with Crippen molar-refractivity contribution in [2.75, 3.05) is 0 Å². The highest BCUT2D eigenvalue weighted by molar-refractivity contribution is 5.16. The van der Waals surface area contributed by atoms with E-state index in [1.807, 2.05) is 12.2 Å². The SMILES string of the molecule is C=C(N)/C=C\C=C/C(C)C. The lowest BCUT2D eigenvalue weighted by Gasteiger charge is -1.89. The monoisotopic (exact) mass is 137 g/mol. The van der Waals surface area contributed by atoms with E-state index in [1.54, 1.807) is 6.08 Å². The third-order valence-corrected chi connectivity index (χ3v) is 0.917. The van der Waals surface area contributed by atoms with E-state index in [0.717, 1.165) is 0 Å². The largest absolute Gasteiger partial charge is 0.399 e. The minimum Gasteiger partial charge on any atom is -0.399 e. The van der Waals surface area contributed by atoms with Gasteiger partial charge in [0.25, 0.3) is 0 Å². The molecule has 0 atom stereocenters. The fourth-order valence-corrected chi connectivity index (χ4v) is 0.466. The summed E-state index contributed by atoms with van der Waals surface area (Å²) in [5.74, 6) is 0.593. The zero-order valence-corrected chi connectivity index (χ0v) is 6.67. The minimum absolute atomic E-state index is 0.591. The van der Waals surface area contributed by atoms with E-state index in [9.17, 15) is 0 Å². The first-order valence-electron chi connectivity index (χ1n) is 3.42. The maximum atomic E-state index is 5.29. The van der Waals surface area contributed by atoms with Crippen LogP contribution in [-0.2, 0) is 0 Å². The van der Waals surface area contributed by atoms with Gasteiger partial charge in [0.1, 0.15) is 0 Å². The Hall–Kier alpha value is -0.980. The molecular weight excluding hydrogens is 122 g/mol. The smallest absolute Gasteiger partial charge is 0.0240 e. The fraction of sp³-hybridized carbons (Fsp3) is 0.333. The van der Waals surface area contributed by atoms with Gasteiger partial charge in [0, 0.05) is 5.70 Å². The van der Waals surface area contributed by atoms with Crippen LogP contribution >= 0.6 is 0 Å². The van der Waals surface area contributed by atoms with Gasteiger partial charge in [-0.25, -0.2) is 0 Å². The molecule has 0 bridgehead atoms. The lowest BCUT2D eigenvalue weighted by atomic mass is 10.2. The molecule has 1 nitrogen and oxygen atoms in total. The maximum Gasteiger partial charge on any atom is 0.0240 e. The first kappa shape index (κ1) is 9.02. The average Bonchev–Trinajstić information content (AvgIpc) is 1.79. The third-order valence-electron chi connectivity index (χ3n) is 0.917. The Morgan fingerprint density at radius 2 is 2.00 bits per heavy atom. The van der Waals surface area contributed by atoms with E-state index in [4.69, 9.17) is 5.73 Å². The molecule has 0 saturated heterocycles. The Bertz CT molecular complexity index is 152. The molecule has 56 valence electrons. The summed E-state index contributed by atoms with van der Waals surface area (Å²) in [5, 5.41) is 0. The van der Waals surface area contributed by atoms with Crippen LogP contribution in [-0.4, -0.2) is 0 Å². The molecule has 0 aromatic rings. The standard InChI is InChI=1S/C9H15N/c1-8(2)6-4-5-7-9(3)10/h4-8H,3,10H2,1-2H3/b6-4-,7-5-. The molecule has 0 aromatic heterocycles. The van der Waals surface area contributed by atoms with Crippen molar-refractivity contribution < 1.29 is 0 Å². The molecular formula is C9H15N. The van der Waals surface area contributed by atoms with Crippen molar-refractivity contribution in [2.24, 2.45) is 11.7 Å². The van der Waals surface area contributed by atoms with Gasteiger partial charge in [0.15, 0.2) is 0 Å². The average molecular weight is 137 g/mol. The van der Waals surface area contributed by atoms with Crippen LogP contribution in [0.15, 0.2) is 36.6 Å². The van der Waals surface area contributed by atoms with Crippen molar-refractivity contribution in [2.45, 2.75) is 13.8 Å². The Kier molecular flexibility index (Phi) is 4.38. The second-order valence-corrected chi connectivity index (χ2v) is 2.56. The molecule has 0 amide bonds. The van der Waals surface area contributed by atoms with Crippen LogP contribution in [0.2, 0.25) is 0 Å². The summed E-state index contributed by atoms with van der Waals surface area (Å²) < 4.78 is 0. The van der Waals surface area contributed by atoms with Crippen LogP contribution in [0.3, 0.4) is 0 Å². The summed E-state index contributed by atoms with van der Waals surface area (Å²) in [7, 11) is 0. The zero-order valence-electron chi connectivity index (χ0n) is 6.67. The summed E-state index contributed by atoms with van der Waals surface area (Å²) in [6.45, 7) is 7.78. The lowest BCUT2D eigenvalue weighted by molar-refractivity contribution is 0.832. The number of hydrogen-bond donors (Lipinski definition) is 1. The highest BCUT2D eigenvalue weighted by Crippen LogP contribution is 1.93. The van der Waals surface area contributed by atoms with Gasteiger partial charge in [-0.05, 0) is 12.0 Å². The molecule has 1 heteroatoms. The molecule has 0 fully saturated rings. The van der Waals surface area contributed by atoms with Crippen LogP contribution in [0.5, 0.6) is 0 Å². The van der Waals surface area contributed by atoms with Crippen molar-refractivity contribution >= 4 is 0 Å². The molecule has 0 aromatic carbocycles. The summed E-state index contributed by atoms with van der Waals surface area (Å²) >= 11 is 0. The van der Waals surface area contributed by atoms with Crippen LogP contribution in [0, 0.1) is 5.92 Å². The van der Waals surface area contributed by atoms with Gasteiger partial charge in [0.2, 0.25) is 0 Å². The Morgan fingerprint density at radius 1 is 1.40 bits per heavy atom. The number of allylic oxidation sites excluding steroid dienone is 4. The molecule has 0 aliphatic heterocycles. The van der Waals surface area contributed by atoms with Crippen molar-refractivity contribution in [3.63, 3.8) is 0 Å². The molecule has 0 aliphatic rings. The van der Waals surface area contributed by atoms with E-state index in [-0.39, 0.29) is 0 Å². The van der Waals surface area contributed by atoms with Crippen LogP contribution < -0.4 is 5.73 Å². The first-order chi connectivity index (χ1) is 4.63. The summed E-state index contributed by atoms with van der Waals surface area (Å²) in [6.07, 6.45) is 7.74. The Balaban J connectivity index is 3.62. The molecule has 0 heterocycles. The minimum atomic E-state index is 0.591. The van der Waals surface area contributed by atoms with E-state index < -0.39 is 0 Å². The summed E-state index contributed by atoms with van der Waals surface area (Å²) in [4.78, 5) is 0. The molecule has 0 aliphatic carbocycles. The van der Waals surface area contributed by atoms with Crippen LogP contribution in [0.4, 0.5) is 0 Å². The van der Waals surface area contributed by atoms with Gasteiger partial charge in [-0.1, -0.05) is 38.7 Å². The molecule has 0 unspecified atom stereocenters. The second-order valence-electron chi connectivity index (χ2n) is 2.56. The van der Waals surface area contributed by atoms with Crippen molar-refractivity contribution in [3.05, 3.63) is 36.6 Å². The van der Waals surface area contributed by atoms with Crippen molar-refractivity contribution in [1.29, 1.82) is 0 Å². The van der Waals surface area contributed by atoms with E-state index in [0.29, 0.717) is 11.6 Å². The fourth-order valence-electron chi connectivity index (χ4n) is 0.466. The maximum absolute atomic E-state index is 5.29. The van der Waals surface area contributed by atoms with Crippen LogP contribution in [0.1, 0.15) is 13.8 Å². The second kappa shape index (κ2) is 4.86. The molecule has 2 N–H and O–H groups in total. The lowest BCUT2D eigenvalue weighted by Crippen LogP contribution is -1.87. The third kappa shape index (κ3) is 7.02. The predicted octanol–water partition coefficient (Wildman–Crippen LogP) is 2.23. The van der Waals surface area contributed by atoms with Crippen LogP contribution in [0.25, 0.3) is 0 Å². The number of hydrogen-bond acceptors (Lipinski definition) is 1. The molecule has 0 saturated carbocycles. The topological polar surface area (TPSA) is 26.0 Å². The highest BCUT2D eigenvalue weighted by Gasteiger charge is 1.79. The van der Waals surface area contributed by atoms with Gasteiger partial charge >= 0.3 is 0 Å². The quantitative estimate of drug-likeness (QED) is 0.593. The van der Waals surface area contributed by atoms with E-state index >= 15 is 0 Å². The van der Waals surface area contributed by atoms with Gasteiger partial charge in [-0.3, -0.25) is 0 Å². The first-order valence-corrected chi connectivity index (χ1v) is 3.42. The zero-order chi connectivity index (χ0) is 7.98.